The van der Waals surface area contributed by atoms with Gasteiger partial charge < -0.3 is 14.2 Å². The third-order valence-corrected chi connectivity index (χ3v) is 4.09. The van der Waals surface area contributed by atoms with E-state index >= 15 is 0 Å². The van der Waals surface area contributed by atoms with Crippen LogP contribution in [0.15, 0.2) is 53.4 Å². The SMILES string of the molecule is COc1ccc(OCCOCCSc2ccc(Cl)cc2)cc1. The van der Waals surface area contributed by atoms with Crippen molar-refractivity contribution in [2.24, 2.45) is 0 Å². The molecule has 0 N–H and O–H groups in total. The van der Waals surface area contributed by atoms with E-state index in [-0.39, 0.29) is 0 Å². The average molecular weight is 339 g/mol. The lowest BCUT2D eigenvalue weighted by atomic mass is 10.3. The molecule has 0 aromatic heterocycles. The fourth-order valence-electron chi connectivity index (χ4n) is 1.74. The number of benzene rings is 2. The van der Waals surface area contributed by atoms with Crippen molar-refractivity contribution >= 4 is 23.4 Å². The second kappa shape index (κ2) is 9.62. The minimum atomic E-state index is 0.540. The molecule has 0 saturated heterocycles. The summed E-state index contributed by atoms with van der Waals surface area (Å²) in [5.74, 6) is 2.55. The molecule has 118 valence electrons. The van der Waals surface area contributed by atoms with Crippen LogP contribution in [0.2, 0.25) is 5.02 Å². The van der Waals surface area contributed by atoms with Crippen molar-refractivity contribution in [3.8, 4) is 11.5 Å². The molecular weight excluding hydrogens is 320 g/mol. The van der Waals surface area contributed by atoms with Crippen molar-refractivity contribution in [2.45, 2.75) is 4.90 Å². The maximum atomic E-state index is 5.84. The highest BCUT2D eigenvalue weighted by Gasteiger charge is 1.97. The normalized spacial score (nSPS) is 10.5. The molecule has 0 unspecified atom stereocenters. The van der Waals surface area contributed by atoms with Gasteiger partial charge in [-0.25, -0.2) is 0 Å². The predicted molar refractivity (Wildman–Crippen MR) is 91.5 cm³/mol. The van der Waals surface area contributed by atoms with Gasteiger partial charge in [0.25, 0.3) is 0 Å². The van der Waals surface area contributed by atoms with Crippen LogP contribution in [0.3, 0.4) is 0 Å². The molecule has 0 aliphatic carbocycles. The first kappa shape index (κ1) is 17.0. The van der Waals surface area contributed by atoms with Gasteiger partial charge in [-0.2, -0.15) is 0 Å². The van der Waals surface area contributed by atoms with E-state index in [2.05, 4.69) is 0 Å². The van der Waals surface area contributed by atoms with Crippen LogP contribution in [0.1, 0.15) is 0 Å². The lowest BCUT2D eigenvalue weighted by molar-refractivity contribution is 0.112. The first-order chi connectivity index (χ1) is 10.8. The molecule has 0 amide bonds. The van der Waals surface area contributed by atoms with E-state index < -0.39 is 0 Å². The maximum Gasteiger partial charge on any atom is 0.119 e. The van der Waals surface area contributed by atoms with Crippen LogP contribution in [0.25, 0.3) is 0 Å². The molecule has 2 aromatic rings. The average Bonchev–Trinajstić information content (AvgIpc) is 2.56. The molecule has 0 spiro atoms. The molecular formula is C17H19ClO3S. The van der Waals surface area contributed by atoms with Gasteiger partial charge in [0.2, 0.25) is 0 Å². The molecule has 22 heavy (non-hydrogen) atoms. The standard InChI is InChI=1S/C17H19ClO3S/c1-19-15-4-6-16(7-5-15)21-11-10-20-12-13-22-17-8-2-14(18)3-9-17/h2-9H,10-13H2,1H3. The zero-order chi connectivity index (χ0) is 15.6. The van der Waals surface area contributed by atoms with E-state index in [1.165, 1.54) is 4.90 Å². The second-order valence-electron chi connectivity index (χ2n) is 4.44. The lowest BCUT2D eigenvalue weighted by Crippen LogP contribution is -2.08. The summed E-state index contributed by atoms with van der Waals surface area (Å²) in [5, 5.41) is 0.760. The molecule has 0 aliphatic heterocycles. The molecule has 2 aromatic carbocycles. The highest BCUT2D eigenvalue weighted by Crippen LogP contribution is 2.20. The predicted octanol–water partition coefficient (Wildman–Crippen LogP) is 4.54. The quantitative estimate of drug-likeness (QED) is 0.495. The Morgan fingerprint density at radius 3 is 2.23 bits per heavy atom. The Balaban J connectivity index is 1.52. The van der Waals surface area contributed by atoms with Crippen LogP contribution in [0, 0.1) is 0 Å². The number of ether oxygens (including phenoxy) is 3. The second-order valence-corrected chi connectivity index (χ2v) is 6.04. The Bertz CT molecular complexity index is 543. The van der Waals surface area contributed by atoms with Crippen LogP contribution in [-0.4, -0.2) is 32.7 Å². The molecule has 2 rings (SSSR count). The van der Waals surface area contributed by atoms with Crippen LogP contribution in [0.5, 0.6) is 11.5 Å². The summed E-state index contributed by atoms with van der Waals surface area (Å²) in [7, 11) is 1.64. The summed E-state index contributed by atoms with van der Waals surface area (Å²) in [6, 6.07) is 15.3. The minimum absolute atomic E-state index is 0.540. The number of halogens is 1. The largest absolute Gasteiger partial charge is 0.497 e. The molecule has 5 heteroatoms. The van der Waals surface area contributed by atoms with Crippen molar-refractivity contribution in [3.05, 3.63) is 53.6 Å². The van der Waals surface area contributed by atoms with Crippen molar-refractivity contribution in [2.75, 3.05) is 32.7 Å². The fourth-order valence-corrected chi connectivity index (χ4v) is 2.63. The number of thioether (sulfide) groups is 1. The Hall–Kier alpha value is -1.36. The zero-order valence-corrected chi connectivity index (χ0v) is 14.0. The van der Waals surface area contributed by atoms with Crippen molar-refractivity contribution < 1.29 is 14.2 Å². The highest BCUT2D eigenvalue weighted by atomic mass is 35.5. The van der Waals surface area contributed by atoms with Crippen molar-refractivity contribution in [1.82, 2.24) is 0 Å². The number of hydrogen-bond acceptors (Lipinski definition) is 4. The van der Waals surface area contributed by atoms with E-state index in [1.54, 1.807) is 18.9 Å². The molecule has 3 nitrogen and oxygen atoms in total. The van der Waals surface area contributed by atoms with Gasteiger partial charge in [-0.05, 0) is 48.5 Å². The summed E-state index contributed by atoms with van der Waals surface area (Å²) in [4.78, 5) is 1.20. The fraction of sp³-hybridized carbons (Fsp3) is 0.294. The number of rotatable bonds is 9. The molecule has 0 atom stereocenters. The van der Waals surface area contributed by atoms with Crippen LogP contribution >= 0.6 is 23.4 Å². The van der Waals surface area contributed by atoms with E-state index in [0.717, 1.165) is 22.3 Å². The maximum absolute atomic E-state index is 5.84. The lowest BCUT2D eigenvalue weighted by Gasteiger charge is -2.08. The highest BCUT2D eigenvalue weighted by molar-refractivity contribution is 7.99. The molecule has 0 saturated carbocycles. The minimum Gasteiger partial charge on any atom is -0.497 e. The van der Waals surface area contributed by atoms with E-state index in [4.69, 9.17) is 25.8 Å². The third kappa shape index (κ3) is 6.18. The summed E-state index contributed by atoms with van der Waals surface area (Å²) in [6.07, 6.45) is 0. The topological polar surface area (TPSA) is 27.7 Å². The van der Waals surface area contributed by atoms with Gasteiger partial charge in [0.05, 0.1) is 20.3 Å². The monoisotopic (exact) mass is 338 g/mol. The van der Waals surface area contributed by atoms with Crippen LogP contribution in [0.4, 0.5) is 0 Å². The smallest absolute Gasteiger partial charge is 0.119 e. The van der Waals surface area contributed by atoms with E-state index in [1.807, 2.05) is 48.5 Å². The van der Waals surface area contributed by atoms with Gasteiger partial charge in [0.15, 0.2) is 0 Å². The number of methoxy groups -OCH3 is 1. The van der Waals surface area contributed by atoms with Gasteiger partial charge in [-0.3, -0.25) is 0 Å². The summed E-state index contributed by atoms with van der Waals surface area (Å²) < 4.78 is 16.2. The Labute approximate surface area is 140 Å². The van der Waals surface area contributed by atoms with Crippen molar-refractivity contribution in [1.29, 1.82) is 0 Å². The Morgan fingerprint density at radius 1 is 0.864 bits per heavy atom. The zero-order valence-electron chi connectivity index (χ0n) is 12.5. The van der Waals surface area contributed by atoms with E-state index in [9.17, 15) is 0 Å². The first-order valence-electron chi connectivity index (χ1n) is 7.01. The Kier molecular flexibility index (Phi) is 7.43. The van der Waals surface area contributed by atoms with Gasteiger partial charge in [0, 0.05) is 15.7 Å². The Morgan fingerprint density at radius 2 is 1.55 bits per heavy atom. The van der Waals surface area contributed by atoms with Crippen molar-refractivity contribution in [3.63, 3.8) is 0 Å². The molecule has 0 heterocycles. The van der Waals surface area contributed by atoms with Gasteiger partial charge in [-0.1, -0.05) is 11.6 Å². The van der Waals surface area contributed by atoms with Gasteiger partial charge in [0.1, 0.15) is 18.1 Å². The summed E-state index contributed by atoms with van der Waals surface area (Å²) in [5.41, 5.74) is 0. The van der Waals surface area contributed by atoms with Crippen LogP contribution < -0.4 is 9.47 Å². The first-order valence-corrected chi connectivity index (χ1v) is 8.37. The third-order valence-electron chi connectivity index (χ3n) is 2.87. The van der Waals surface area contributed by atoms with Gasteiger partial charge in [-0.15, -0.1) is 11.8 Å². The molecule has 0 radical (unpaired) electrons. The number of hydrogen-bond donors (Lipinski definition) is 0. The molecule has 0 aliphatic rings. The molecule has 0 fully saturated rings. The van der Waals surface area contributed by atoms with Crippen LogP contribution in [-0.2, 0) is 4.74 Å². The summed E-state index contributed by atoms with van der Waals surface area (Å²) >= 11 is 7.59. The van der Waals surface area contributed by atoms with Gasteiger partial charge >= 0.3 is 0 Å². The van der Waals surface area contributed by atoms with E-state index in [0.29, 0.717) is 19.8 Å². The summed E-state index contributed by atoms with van der Waals surface area (Å²) in [6.45, 7) is 1.81. The molecule has 0 bridgehead atoms.